The summed E-state index contributed by atoms with van der Waals surface area (Å²) in [6, 6.07) is 35.0. The Kier molecular flexibility index (Phi) is 9.65. The summed E-state index contributed by atoms with van der Waals surface area (Å²) in [6.45, 7) is 5.05. The van der Waals surface area contributed by atoms with Crippen LogP contribution >= 0.6 is 0 Å². The molecule has 39 heavy (non-hydrogen) atoms. The minimum absolute atomic E-state index is 0.0606. The minimum Gasteiger partial charge on any atom is -0.488 e. The monoisotopic (exact) mass is 520 g/mol. The van der Waals surface area contributed by atoms with Crippen LogP contribution in [-0.2, 0) is 19.6 Å². The first-order valence-corrected chi connectivity index (χ1v) is 13.4. The standard InChI is InChI=1S/C34H36N2O3/c1-25(18-19-27-12-6-3-7-13-27)36(23-28-14-8-4-9-15-28)26(2)33(37)30-20-21-32(31(22-30)34(35)38)39-24-29-16-10-5-11-17-29/h3-17,20-22,25-26H,18-19,23-24H2,1-2H3,(H2,35,38)/t25-,26-/m1/s1. The molecule has 4 rings (SSSR count). The number of amides is 1. The molecule has 200 valence electrons. The first-order chi connectivity index (χ1) is 18.9. The van der Waals surface area contributed by atoms with Crippen molar-refractivity contribution in [2.75, 3.05) is 0 Å². The van der Waals surface area contributed by atoms with Crippen molar-refractivity contribution < 1.29 is 14.3 Å². The Balaban J connectivity index is 1.53. The van der Waals surface area contributed by atoms with Crippen molar-refractivity contribution in [3.63, 3.8) is 0 Å². The Labute approximate surface area is 231 Å². The molecule has 0 unspecified atom stereocenters. The molecule has 0 saturated heterocycles. The number of nitrogens with two attached hydrogens (primary N) is 1. The summed E-state index contributed by atoms with van der Waals surface area (Å²) < 4.78 is 5.90. The molecule has 2 atom stereocenters. The van der Waals surface area contributed by atoms with Crippen molar-refractivity contribution in [3.05, 3.63) is 137 Å². The number of aryl methyl sites for hydroxylation is 1. The van der Waals surface area contributed by atoms with Crippen LogP contribution in [0.3, 0.4) is 0 Å². The molecule has 4 aromatic carbocycles. The van der Waals surface area contributed by atoms with Crippen molar-refractivity contribution in [1.29, 1.82) is 0 Å². The summed E-state index contributed by atoms with van der Waals surface area (Å²) in [4.78, 5) is 28.3. The lowest BCUT2D eigenvalue weighted by atomic mass is 9.97. The molecule has 0 aromatic heterocycles. The predicted molar refractivity (Wildman–Crippen MR) is 156 cm³/mol. The third-order valence-corrected chi connectivity index (χ3v) is 7.11. The molecule has 0 radical (unpaired) electrons. The van der Waals surface area contributed by atoms with E-state index < -0.39 is 11.9 Å². The van der Waals surface area contributed by atoms with Crippen LogP contribution in [0.2, 0.25) is 0 Å². The highest BCUT2D eigenvalue weighted by Crippen LogP contribution is 2.25. The number of hydrogen-bond donors (Lipinski definition) is 1. The Bertz CT molecular complexity index is 1360. The molecule has 0 aliphatic heterocycles. The van der Waals surface area contributed by atoms with Crippen LogP contribution in [0.1, 0.15) is 57.7 Å². The predicted octanol–water partition coefficient (Wildman–Crippen LogP) is 6.46. The number of ether oxygens (including phenoxy) is 1. The van der Waals surface area contributed by atoms with Gasteiger partial charge in [0.1, 0.15) is 12.4 Å². The molecule has 0 heterocycles. The van der Waals surface area contributed by atoms with Gasteiger partial charge in [-0.3, -0.25) is 14.5 Å². The number of primary amides is 1. The molecule has 4 aromatic rings. The molecular formula is C34H36N2O3. The molecule has 0 aliphatic carbocycles. The van der Waals surface area contributed by atoms with Crippen LogP contribution in [0.4, 0.5) is 0 Å². The van der Waals surface area contributed by atoms with Gasteiger partial charge >= 0.3 is 0 Å². The molecule has 0 spiro atoms. The summed E-state index contributed by atoms with van der Waals surface area (Å²) in [5.41, 5.74) is 9.74. The van der Waals surface area contributed by atoms with E-state index in [2.05, 4.69) is 48.2 Å². The Morgan fingerprint density at radius 3 is 1.92 bits per heavy atom. The lowest BCUT2D eigenvalue weighted by molar-refractivity contribution is 0.0745. The highest BCUT2D eigenvalue weighted by molar-refractivity contribution is 6.03. The van der Waals surface area contributed by atoms with Gasteiger partial charge in [0.15, 0.2) is 5.78 Å². The quantitative estimate of drug-likeness (QED) is 0.205. The van der Waals surface area contributed by atoms with Gasteiger partial charge in [-0.15, -0.1) is 0 Å². The fourth-order valence-electron chi connectivity index (χ4n) is 4.78. The Morgan fingerprint density at radius 2 is 1.33 bits per heavy atom. The molecular weight excluding hydrogens is 484 g/mol. The normalized spacial score (nSPS) is 12.6. The molecule has 5 heteroatoms. The van der Waals surface area contributed by atoms with E-state index in [1.807, 2.05) is 61.5 Å². The van der Waals surface area contributed by atoms with Crippen LogP contribution in [0.5, 0.6) is 5.75 Å². The van der Waals surface area contributed by atoms with E-state index >= 15 is 0 Å². The van der Waals surface area contributed by atoms with E-state index in [1.165, 1.54) is 5.56 Å². The van der Waals surface area contributed by atoms with Crippen molar-refractivity contribution in [1.82, 2.24) is 4.90 Å². The topological polar surface area (TPSA) is 72.6 Å². The Morgan fingerprint density at radius 1 is 0.769 bits per heavy atom. The zero-order valence-corrected chi connectivity index (χ0v) is 22.6. The number of hydrogen-bond acceptors (Lipinski definition) is 4. The number of carbonyl (C=O) groups is 2. The van der Waals surface area contributed by atoms with Crippen LogP contribution in [0, 0.1) is 0 Å². The van der Waals surface area contributed by atoms with Gasteiger partial charge in [-0.05, 0) is 61.6 Å². The van der Waals surface area contributed by atoms with E-state index in [4.69, 9.17) is 10.5 Å². The van der Waals surface area contributed by atoms with Crippen LogP contribution in [0.25, 0.3) is 0 Å². The number of carbonyl (C=O) groups excluding carboxylic acids is 2. The lowest BCUT2D eigenvalue weighted by Gasteiger charge is -2.34. The summed E-state index contributed by atoms with van der Waals surface area (Å²) in [6.07, 6.45) is 1.83. The highest BCUT2D eigenvalue weighted by atomic mass is 16.5. The van der Waals surface area contributed by atoms with Crippen molar-refractivity contribution >= 4 is 11.7 Å². The molecule has 0 saturated carbocycles. The maximum Gasteiger partial charge on any atom is 0.252 e. The van der Waals surface area contributed by atoms with Crippen molar-refractivity contribution in [3.8, 4) is 5.75 Å². The van der Waals surface area contributed by atoms with Gasteiger partial charge in [0.2, 0.25) is 0 Å². The fourth-order valence-corrected chi connectivity index (χ4v) is 4.78. The van der Waals surface area contributed by atoms with E-state index in [0.29, 0.717) is 24.5 Å². The van der Waals surface area contributed by atoms with Gasteiger partial charge < -0.3 is 10.5 Å². The van der Waals surface area contributed by atoms with Gasteiger partial charge in [0.25, 0.3) is 5.91 Å². The minimum atomic E-state index is -0.627. The SMILES string of the molecule is C[C@H](CCc1ccccc1)N(Cc1ccccc1)[C@H](C)C(=O)c1ccc(OCc2ccccc2)c(C(N)=O)c1. The zero-order valence-electron chi connectivity index (χ0n) is 22.6. The number of benzene rings is 4. The fraction of sp³-hybridized carbons (Fsp3) is 0.235. The van der Waals surface area contributed by atoms with Gasteiger partial charge in [-0.2, -0.15) is 0 Å². The van der Waals surface area contributed by atoms with E-state index in [0.717, 1.165) is 24.0 Å². The number of rotatable bonds is 13. The third-order valence-electron chi connectivity index (χ3n) is 7.11. The van der Waals surface area contributed by atoms with Gasteiger partial charge in [-0.25, -0.2) is 0 Å². The summed E-state index contributed by atoms with van der Waals surface area (Å²) in [5, 5.41) is 0. The second-order valence-electron chi connectivity index (χ2n) is 9.92. The second kappa shape index (κ2) is 13.5. The van der Waals surface area contributed by atoms with Crippen LogP contribution in [-0.4, -0.2) is 28.7 Å². The average Bonchev–Trinajstić information content (AvgIpc) is 2.98. The van der Waals surface area contributed by atoms with Crippen LogP contribution < -0.4 is 10.5 Å². The van der Waals surface area contributed by atoms with Gasteiger partial charge in [0.05, 0.1) is 11.6 Å². The molecule has 2 N–H and O–H groups in total. The molecule has 0 aliphatic rings. The Hall–Kier alpha value is -4.22. The molecule has 0 fully saturated rings. The summed E-state index contributed by atoms with van der Waals surface area (Å²) in [5.74, 6) is -0.319. The first kappa shape index (κ1) is 27.8. The first-order valence-electron chi connectivity index (χ1n) is 13.4. The average molecular weight is 521 g/mol. The van der Waals surface area contributed by atoms with Crippen molar-refractivity contribution in [2.24, 2.45) is 5.73 Å². The van der Waals surface area contributed by atoms with E-state index in [-0.39, 0.29) is 17.4 Å². The maximum absolute atomic E-state index is 13.8. The molecule has 5 nitrogen and oxygen atoms in total. The third kappa shape index (κ3) is 7.65. The highest BCUT2D eigenvalue weighted by Gasteiger charge is 2.27. The second-order valence-corrected chi connectivity index (χ2v) is 9.92. The zero-order chi connectivity index (χ0) is 27.6. The number of Topliss-reactive ketones (excluding diaryl/α,β-unsaturated/α-hetero) is 1. The number of nitrogens with zero attached hydrogens (tertiary/aromatic N) is 1. The molecule has 1 amide bonds. The van der Waals surface area contributed by atoms with Gasteiger partial charge in [0, 0.05) is 18.2 Å². The number of ketones is 1. The maximum atomic E-state index is 13.8. The van der Waals surface area contributed by atoms with E-state index in [1.54, 1.807) is 18.2 Å². The lowest BCUT2D eigenvalue weighted by Crippen LogP contribution is -2.44. The van der Waals surface area contributed by atoms with E-state index in [9.17, 15) is 9.59 Å². The van der Waals surface area contributed by atoms with Crippen molar-refractivity contribution in [2.45, 2.75) is 51.9 Å². The summed E-state index contributed by atoms with van der Waals surface area (Å²) in [7, 11) is 0. The molecule has 0 bridgehead atoms. The van der Waals surface area contributed by atoms with Gasteiger partial charge in [-0.1, -0.05) is 91.0 Å². The smallest absolute Gasteiger partial charge is 0.252 e. The summed E-state index contributed by atoms with van der Waals surface area (Å²) >= 11 is 0. The largest absolute Gasteiger partial charge is 0.488 e. The van der Waals surface area contributed by atoms with Crippen LogP contribution in [0.15, 0.2) is 109 Å².